The fourth-order valence-corrected chi connectivity index (χ4v) is 1.56. The van der Waals surface area contributed by atoms with E-state index in [1.165, 1.54) is 0 Å². The van der Waals surface area contributed by atoms with Crippen molar-refractivity contribution in [1.29, 1.82) is 0 Å². The van der Waals surface area contributed by atoms with Gasteiger partial charge in [0.25, 0.3) is 0 Å². The normalized spacial score (nSPS) is 24.3. The summed E-state index contributed by atoms with van der Waals surface area (Å²) in [5.41, 5.74) is 1.98. The van der Waals surface area contributed by atoms with Crippen molar-refractivity contribution in [2.75, 3.05) is 0 Å². The molecular formula is C12H12O3. The van der Waals surface area contributed by atoms with E-state index in [2.05, 4.69) is 0 Å². The number of carboxylic acid groups (broad SMARTS) is 1. The van der Waals surface area contributed by atoms with Crippen molar-refractivity contribution in [3.8, 4) is 0 Å². The number of carbonyl (C=O) groups is 1. The Labute approximate surface area is 87.7 Å². The second kappa shape index (κ2) is 3.87. The molecule has 3 heteroatoms. The molecule has 0 saturated heterocycles. The Hall–Kier alpha value is -1.61. The molecular weight excluding hydrogens is 192 g/mol. The molecule has 1 aromatic carbocycles. The number of rotatable bonds is 3. The van der Waals surface area contributed by atoms with Gasteiger partial charge in [-0.2, -0.15) is 0 Å². The topological polar surface area (TPSA) is 57.5 Å². The quantitative estimate of drug-likeness (QED) is 0.736. The molecule has 0 amide bonds. The average molecular weight is 204 g/mol. The molecule has 0 aliphatic heterocycles. The molecule has 78 valence electrons. The zero-order valence-corrected chi connectivity index (χ0v) is 8.13. The average Bonchev–Trinajstić information content (AvgIpc) is 2.93. The number of hydrogen-bond donors (Lipinski definition) is 2. The summed E-state index contributed by atoms with van der Waals surface area (Å²) < 4.78 is 0. The summed E-state index contributed by atoms with van der Waals surface area (Å²) in [5, 5.41) is 17.7. The molecule has 0 bridgehead atoms. The van der Waals surface area contributed by atoms with E-state index in [-0.39, 0.29) is 12.0 Å². The number of hydrogen-bond acceptors (Lipinski definition) is 2. The van der Waals surface area contributed by atoms with Crippen LogP contribution in [0.15, 0.2) is 30.3 Å². The summed E-state index contributed by atoms with van der Waals surface area (Å²) in [5.74, 6) is -0.667. The summed E-state index contributed by atoms with van der Waals surface area (Å²) in [4.78, 5) is 10.3. The van der Waals surface area contributed by atoms with Crippen LogP contribution in [0.25, 0.3) is 6.08 Å². The minimum absolute atomic E-state index is 0.189. The van der Waals surface area contributed by atoms with E-state index in [1.807, 2.05) is 24.3 Å². The first kappa shape index (κ1) is 9.93. The maximum Gasteiger partial charge on any atom is 0.328 e. The van der Waals surface area contributed by atoms with Crippen LogP contribution in [0.2, 0.25) is 0 Å². The van der Waals surface area contributed by atoms with E-state index in [0.29, 0.717) is 0 Å². The van der Waals surface area contributed by atoms with Crippen molar-refractivity contribution in [3.63, 3.8) is 0 Å². The van der Waals surface area contributed by atoms with Crippen molar-refractivity contribution in [3.05, 3.63) is 41.5 Å². The third-order valence-electron chi connectivity index (χ3n) is 2.54. The molecule has 0 heterocycles. The van der Waals surface area contributed by atoms with Gasteiger partial charge in [0.05, 0.1) is 6.10 Å². The number of aliphatic carboxylic acids is 1. The molecule has 1 aliphatic rings. The summed E-state index contributed by atoms with van der Waals surface area (Å²) in [6, 6.07) is 7.59. The summed E-state index contributed by atoms with van der Waals surface area (Å²) in [6.07, 6.45) is 3.31. The molecule has 2 unspecified atom stereocenters. The van der Waals surface area contributed by atoms with Gasteiger partial charge >= 0.3 is 5.97 Å². The molecule has 2 atom stereocenters. The molecule has 1 saturated carbocycles. The van der Waals surface area contributed by atoms with Crippen LogP contribution in [-0.2, 0) is 4.79 Å². The Morgan fingerprint density at radius 2 is 1.93 bits per heavy atom. The monoisotopic (exact) mass is 204 g/mol. The summed E-state index contributed by atoms with van der Waals surface area (Å²) in [6.45, 7) is 0. The van der Waals surface area contributed by atoms with Crippen LogP contribution in [0.4, 0.5) is 0 Å². The predicted molar refractivity (Wildman–Crippen MR) is 56.5 cm³/mol. The van der Waals surface area contributed by atoms with Crippen molar-refractivity contribution in [2.24, 2.45) is 0 Å². The number of aliphatic hydroxyl groups excluding tert-OH is 1. The smallest absolute Gasteiger partial charge is 0.328 e. The summed E-state index contributed by atoms with van der Waals surface area (Å²) >= 11 is 0. The highest BCUT2D eigenvalue weighted by Crippen LogP contribution is 2.40. The highest BCUT2D eigenvalue weighted by molar-refractivity contribution is 5.85. The first-order chi connectivity index (χ1) is 7.16. The van der Waals surface area contributed by atoms with Crippen LogP contribution in [-0.4, -0.2) is 22.3 Å². The van der Waals surface area contributed by atoms with Crippen molar-refractivity contribution in [1.82, 2.24) is 0 Å². The van der Waals surface area contributed by atoms with Gasteiger partial charge in [0, 0.05) is 12.0 Å². The highest BCUT2D eigenvalue weighted by Gasteiger charge is 2.36. The van der Waals surface area contributed by atoms with Gasteiger partial charge in [-0.05, 0) is 23.6 Å². The SMILES string of the molecule is O=C(O)/C=C/c1ccc(C2CC2O)cc1. The molecule has 2 N–H and O–H groups in total. The second-order valence-electron chi connectivity index (χ2n) is 3.75. The number of benzene rings is 1. The van der Waals surface area contributed by atoms with Crippen LogP contribution in [0.5, 0.6) is 0 Å². The molecule has 0 aromatic heterocycles. The predicted octanol–water partition coefficient (Wildman–Crippen LogP) is 1.63. The van der Waals surface area contributed by atoms with Gasteiger partial charge in [-0.1, -0.05) is 24.3 Å². The molecule has 2 rings (SSSR count). The number of aliphatic hydroxyl groups is 1. The fraction of sp³-hybridized carbons (Fsp3) is 0.250. The zero-order valence-electron chi connectivity index (χ0n) is 8.13. The standard InChI is InChI=1S/C12H12O3/c13-11-7-10(11)9-4-1-8(2-5-9)3-6-12(14)15/h1-6,10-11,13H,7H2,(H,14,15)/b6-3+. The van der Waals surface area contributed by atoms with Crippen molar-refractivity contribution in [2.45, 2.75) is 18.4 Å². The maximum absolute atomic E-state index is 10.3. The Morgan fingerprint density at radius 3 is 2.40 bits per heavy atom. The van der Waals surface area contributed by atoms with Gasteiger partial charge in [-0.3, -0.25) is 0 Å². The third-order valence-corrected chi connectivity index (χ3v) is 2.54. The van der Waals surface area contributed by atoms with Crippen LogP contribution >= 0.6 is 0 Å². The lowest BCUT2D eigenvalue weighted by Gasteiger charge is -1.98. The molecule has 0 spiro atoms. The van der Waals surface area contributed by atoms with E-state index >= 15 is 0 Å². The van der Waals surface area contributed by atoms with Gasteiger partial charge in [-0.25, -0.2) is 4.79 Å². The highest BCUT2D eigenvalue weighted by atomic mass is 16.4. The van der Waals surface area contributed by atoms with Crippen LogP contribution < -0.4 is 0 Å². The van der Waals surface area contributed by atoms with Gasteiger partial charge in [0.1, 0.15) is 0 Å². The van der Waals surface area contributed by atoms with Crippen molar-refractivity contribution < 1.29 is 15.0 Å². The van der Waals surface area contributed by atoms with Crippen LogP contribution in [0.3, 0.4) is 0 Å². The van der Waals surface area contributed by atoms with E-state index in [4.69, 9.17) is 5.11 Å². The summed E-state index contributed by atoms with van der Waals surface area (Å²) in [7, 11) is 0. The Morgan fingerprint density at radius 1 is 1.33 bits per heavy atom. The van der Waals surface area contributed by atoms with Gasteiger partial charge in [0.2, 0.25) is 0 Å². The number of carboxylic acids is 1. The Balaban J connectivity index is 2.07. The minimum Gasteiger partial charge on any atom is -0.478 e. The maximum atomic E-state index is 10.3. The van der Waals surface area contributed by atoms with Gasteiger partial charge < -0.3 is 10.2 Å². The van der Waals surface area contributed by atoms with E-state index < -0.39 is 5.97 Å². The largest absolute Gasteiger partial charge is 0.478 e. The molecule has 15 heavy (non-hydrogen) atoms. The molecule has 1 fully saturated rings. The Kier molecular flexibility index (Phi) is 2.56. The van der Waals surface area contributed by atoms with Crippen LogP contribution in [0.1, 0.15) is 23.5 Å². The van der Waals surface area contributed by atoms with E-state index in [9.17, 15) is 9.90 Å². The lowest BCUT2D eigenvalue weighted by molar-refractivity contribution is -0.131. The first-order valence-corrected chi connectivity index (χ1v) is 4.86. The van der Waals surface area contributed by atoms with Crippen LogP contribution in [0, 0.1) is 0 Å². The molecule has 1 aliphatic carbocycles. The van der Waals surface area contributed by atoms with Gasteiger partial charge in [-0.15, -0.1) is 0 Å². The van der Waals surface area contributed by atoms with Crippen molar-refractivity contribution >= 4 is 12.0 Å². The molecule has 3 nitrogen and oxygen atoms in total. The minimum atomic E-state index is -0.948. The zero-order chi connectivity index (χ0) is 10.8. The second-order valence-corrected chi connectivity index (χ2v) is 3.75. The Bertz CT molecular complexity index is 392. The first-order valence-electron chi connectivity index (χ1n) is 4.86. The lowest BCUT2D eigenvalue weighted by Crippen LogP contribution is -1.87. The van der Waals surface area contributed by atoms with E-state index in [0.717, 1.165) is 23.6 Å². The van der Waals surface area contributed by atoms with E-state index in [1.54, 1.807) is 6.08 Å². The van der Waals surface area contributed by atoms with Gasteiger partial charge in [0.15, 0.2) is 0 Å². The molecule has 0 radical (unpaired) electrons. The fourth-order valence-electron chi connectivity index (χ4n) is 1.56. The molecule has 1 aromatic rings. The third kappa shape index (κ3) is 2.44. The lowest BCUT2D eigenvalue weighted by atomic mass is 10.1.